The van der Waals surface area contributed by atoms with Gasteiger partial charge in [0, 0.05) is 11.8 Å². The second-order valence-electron chi connectivity index (χ2n) is 5.40. The second-order valence-corrected chi connectivity index (χ2v) is 5.40. The van der Waals surface area contributed by atoms with E-state index in [2.05, 4.69) is 10.6 Å². The number of ether oxygens (including phenoxy) is 1. The predicted octanol–water partition coefficient (Wildman–Crippen LogP) is 2.48. The number of amides is 2. The number of hydrogen-bond acceptors (Lipinski definition) is 4. The smallest absolute Gasteiger partial charge is 0.244 e. The van der Waals surface area contributed by atoms with Crippen molar-refractivity contribution in [1.29, 1.82) is 0 Å². The van der Waals surface area contributed by atoms with E-state index >= 15 is 0 Å². The van der Waals surface area contributed by atoms with Gasteiger partial charge < -0.3 is 20.5 Å². The van der Waals surface area contributed by atoms with Gasteiger partial charge in [0.25, 0.3) is 0 Å². The zero-order valence-electron chi connectivity index (χ0n) is 14.1. The molecule has 6 heteroatoms. The van der Waals surface area contributed by atoms with Crippen molar-refractivity contribution in [2.75, 3.05) is 19.0 Å². The normalized spacial score (nSPS) is 10.5. The highest BCUT2D eigenvalue weighted by Gasteiger charge is 2.04. The highest BCUT2D eigenvalue weighted by atomic mass is 16.5. The van der Waals surface area contributed by atoms with Crippen LogP contribution in [0.3, 0.4) is 0 Å². The molecule has 0 radical (unpaired) electrons. The molecule has 0 aliphatic rings. The van der Waals surface area contributed by atoms with Gasteiger partial charge in [-0.25, -0.2) is 0 Å². The number of methoxy groups -OCH3 is 1. The van der Waals surface area contributed by atoms with Gasteiger partial charge in [-0.2, -0.15) is 0 Å². The van der Waals surface area contributed by atoms with E-state index in [-0.39, 0.29) is 18.2 Å². The highest BCUT2D eigenvalue weighted by Crippen LogP contribution is 2.26. The lowest BCUT2D eigenvalue weighted by Gasteiger charge is -2.06. The predicted molar refractivity (Wildman–Crippen MR) is 96.5 cm³/mol. The number of anilines is 1. The number of nitrogens with one attached hydrogen (secondary N) is 2. The van der Waals surface area contributed by atoms with Crippen LogP contribution in [0.25, 0.3) is 6.08 Å². The fourth-order valence-electron chi connectivity index (χ4n) is 2.04. The summed E-state index contributed by atoms with van der Waals surface area (Å²) in [5, 5.41) is 14.7. The van der Waals surface area contributed by atoms with Crippen LogP contribution in [0.15, 0.2) is 48.5 Å². The molecule has 0 fully saturated rings. The summed E-state index contributed by atoms with van der Waals surface area (Å²) in [5.74, 6) is -0.361. The minimum absolute atomic E-state index is 0.0249. The van der Waals surface area contributed by atoms with Crippen LogP contribution in [-0.4, -0.2) is 30.6 Å². The van der Waals surface area contributed by atoms with Crippen LogP contribution in [0.1, 0.15) is 11.1 Å². The molecule has 2 rings (SSSR count). The number of carbonyl (C=O) groups excluding carboxylic acids is 2. The first kappa shape index (κ1) is 18.1. The van der Waals surface area contributed by atoms with Crippen molar-refractivity contribution in [2.24, 2.45) is 0 Å². The molecular formula is C19H20N2O4. The third-order valence-electron chi connectivity index (χ3n) is 3.39. The Morgan fingerprint density at radius 3 is 2.56 bits per heavy atom. The Morgan fingerprint density at radius 2 is 1.88 bits per heavy atom. The first-order valence-electron chi connectivity index (χ1n) is 7.67. The number of aromatic hydroxyl groups is 1. The van der Waals surface area contributed by atoms with Gasteiger partial charge in [0.05, 0.1) is 13.7 Å². The van der Waals surface area contributed by atoms with Gasteiger partial charge in [-0.3, -0.25) is 9.59 Å². The fourth-order valence-corrected chi connectivity index (χ4v) is 2.04. The molecule has 0 aliphatic carbocycles. The summed E-state index contributed by atoms with van der Waals surface area (Å²) in [6.07, 6.45) is 2.88. The molecule has 0 saturated carbocycles. The average Bonchev–Trinajstić information content (AvgIpc) is 2.61. The van der Waals surface area contributed by atoms with Gasteiger partial charge in [0.15, 0.2) is 11.5 Å². The number of aryl methyl sites for hydroxylation is 1. The second kappa shape index (κ2) is 8.54. The fraction of sp³-hybridized carbons (Fsp3) is 0.158. The highest BCUT2D eigenvalue weighted by molar-refractivity contribution is 5.98. The van der Waals surface area contributed by atoms with Crippen LogP contribution in [0.2, 0.25) is 0 Å². The van der Waals surface area contributed by atoms with E-state index in [4.69, 9.17) is 4.74 Å². The van der Waals surface area contributed by atoms with Crippen molar-refractivity contribution in [1.82, 2.24) is 5.32 Å². The van der Waals surface area contributed by atoms with Gasteiger partial charge in [0.1, 0.15) is 0 Å². The Kier molecular flexibility index (Phi) is 6.17. The van der Waals surface area contributed by atoms with Crippen molar-refractivity contribution in [3.05, 3.63) is 59.7 Å². The molecule has 0 spiro atoms. The van der Waals surface area contributed by atoms with E-state index in [0.717, 1.165) is 5.56 Å². The molecule has 2 aromatic rings. The van der Waals surface area contributed by atoms with E-state index in [9.17, 15) is 14.7 Å². The molecule has 0 heterocycles. The van der Waals surface area contributed by atoms with Crippen LogP contribution in [0.5, 0.6) is 11.5 Å². The zero-order valence-corrected chi connectivity index (χ0v) is 14.1. The maximum absolute atomic E-state index is 11.8. The first-order chi connectivity index (χ1) is 12.0. The Bertz CT molecular complexity index is 783. The Morgan fingerprint density at radius 1 is 1.16 bits per heavy atom. The lowest BCUT2D eigenvalue weighted by Crippen LogP contribution is -2.31. The Hall–Kier alpha value is -3.28. The van der Waals surface area contributed by atoms with Gasteiger partial charge in [-0.15, -0.1) is 0 Å². The number of benzene rings is 2. The van der Waals surface area contributed by atoms with E-state index in [1.807, 2.05) is 19.1 Å². The molecule has 2 aromatic carbocycles. The largest absolute Gasteiger partial charge is 0.504 e. The molecule has 3 N–H and O–H groups in total. The molecule has 0 bridgehead atoms. The monoisotopic (exact) mass is 340 g/mol. The van der Waals surface area contributed by atoms with E-state index in [0.29, 0.717) is 17.0 Å². The van der Waals surface area contributed by atoms with Crippen molar-refractivity contribution in [2.45, 2.75) is 6.92 Å². The quantitative estimate of drug-likeness (QED) is 0.705. The van der Waals surface area contributed by atoms with Crippen molar-refractivity contribution in [3.8, 4) is 11.5 Å². The lowest BCUT2D eigenvalue weighted by atomic mass is 10.2. The van der Waals surface area contributed by atoms with Gasteiger partial charge in [-0.05, 0) is 42.8 Å². The molecule has 0 saturated heterocycles. The van der Waals surface area contributed by atoms with E-state index in [1.165, 1.54) is 19.3 Å². The SMILES string of the molecule is COc1cc(/C=C/C(=O)NCC(=O)Nc2ccc(C)cc2)ccc1O. The zero-order chi connectivity index (χ0) is 18.2. The maximum Gasteiger partial charge on any atom is 0.244 e. The van der Waals surface area contributed by atoms with Crippen molar-refractivity contribution >= 4 is 23.6 Å². The molecule has 6 nitrogen and oxygen atoms in total. The Labute approximate surface area is 146 Å². The third-order valence-corrected chi connectivity index (χ3v) is 3.39. The van der Waals surface area contributed by atoms with E-state index < -0.39 is 5.91 Å². The minimum atomic E-state index is -0.397. The number of phenolic OH excluding ortho intramolecular Hbond substituents is 1. The summed E-state index contributed by atoms with van der Waals surface area (Å²) in [7, 11) is 1.45. The molecular weight excluding hydrogens is 320 g/mol. The van der Waals surface area contributed by atoms with Crippen LogP contribution in [-0.2, 0) is 9.59 Å². The average molecular weight is 340 g/mol. The number of carbonyl (C=O) groups is 2. The summed E-state index contributed by atoms with van der Waals surface area (Å²) in [4.78, 5) is 23.6. The number of rotatable bonds is 6. The standard InChI is InChI=1S/C19H20N2O4/c1-13-3-7-15(8-4-13)21-19(24)12-20-18(23)10-6-14-5-9-16(22)17(11-14)25-2/h3-11,22H,12H2,1-2H3,(H,20,23)(H,21,24)/b10-6+. The van der Waals surface area contributed by atoms with Crippen molar-refractivity contribution in [3.63, 3.8) is 0 Å². The van der Waals surface area contributed by atoms with Crippen LogP contribution >= 0.6 is 0 Å². The molecule has 2 amide bonds. The summed E-state index contributed by atoms with van der Waals surface area (Å²) < 4.78 is 5.00. The molecule has 0 aromatic heterocycles. The van der Waals surface area contributed by atoms with Crippen LogP contribution in [0, 0.1) is 6.92 Å². The maximum atomic E-state index is 11.8. The molecule has 130 valence electrons. The molecule has 25 heavy (non-hydrogen) atoms. The third kappa shape index (κ3) is 5.69. The molecule has 0 atom stereocenters. The van der Waals surface area contributed by atoms with Gasteiger partial charge in [0.2, 0.25) is 11.8 Å². The molecule has 0 aliphatic heterocycles. The van der Waals surface area contributed by atoms with Crippen LogP contribution < -0.4 is 15.4 Å². The summed E-state index contributed by atoms with van der Waals surface area (Å²) in [5.41, 5.74) is 2.47. The minimum Gasteiger partial charge on any atom is -0.504 e. The number of phenols is 1. The van der Waals surface area contributed by atoms with Crippen LogP contribution in [0.4, 0.5) is 5.69 Å². The van der Waals surface area contributed by atoms with Gasteiger partial charge >= 0.3 is 0 Å². The Balaban J connectivity index is 1.83. The van der Waals surface area contributed by atoms with Gasteiger partial charge in [-0.1, -0.05) is 23.8 Å². The lowest BCUT2D eigenvalue weighted by molar-refractivity contribution is -0.121. The summed E-state index contributed by atoms with van der Waals surface area (Å²) >= 11 is 0. The first-order valence-corrected chi connectivity index (χ1v) is 7.67. The van der Waals surface area contributed by atoms with E-state index in [1.54, 1.807) is 30.3 Å². The molecule has 0 unspecified atom stereocenters. The van der Waals surface area contributed by atoms with Crippen molar-refractivity contribution < 1.29 is 19.4 Å². The summed E-state index contributed by atoms with van der Waals surface area (Å²) in [6.45, 7) is 1.83. The topological polar surface area (TPSA) is 87.7 Å². The number of hydrogen-bond donors (Lipinski definition) is 3. The summed E-state index contributed by atoms with van der Waals surface area (Å²) in [6, 6.07) is 12.1.